The van der Waals surface area contributed by atoms with Crippen molar-refractivity contribution in [3.8, 4) is 0 Å². The first-order valence-electron chi connectivity index (χ1n) is 7.82. The summed E-state index contributed by atoms with van der Waals surface area (Å²) >= 11 is 7.34. The lowest BCUT2D eigenvalue weighted by molar-refractivity contribution is 0.0995. The fraction of sp³-hybridized carbons (Fsp3) is 0.167. The molecule has 4 rings (SSSR count). The molecule has 3 aromatic heterocycles. The van der Waals surface area contributed by atoms with Crippen LogP contribution in [0.25, 0.3) is 22.1 Å². The number of imidazole rings is 1. The SMILES string of the molecule is Cc1[nH]c2ccccc2c1C(=O)[C@H](C)Sc1nc2ncc(Cl)cc2[nH]1. The van der Waals surface area contributed by atoms with Gasteiger partial charge in [-0.05, 0) is 26.0 Å². The summed E-state index contributed by atoms with van der Waals surface area (Å²) in [6.45, 7) is 3.82. The number of H-pyrrole nitrogens is 2. The molecule has 0 saturated carbocycles. The number of pyridine rings is 1. The summed E-state index contributed by atoms with van der Waals surface area (Å²) in [7, 11) is 0. The van der Waals surface area contributed by atoms with Gasteiger partial charge in [0.1, 0.15) is 0 Å². The van der Waals surface area contributed by atoms with Crippen molar-refractivity contribution >= 4 is 51.2 Å². The molecule has 0 fully saturated rings. The zero-order valence-electron chi connectivity index (χ0n) is 13.6. The molecule has 0 spiro atoms. The van der Waals surface area contributed by atoms with E-state index in [9.17, 15) is 4.79 Å². The van der Waals surface area contributed by atoms with Gasteiger partial charge in [0.05, 0.1) is 15.8 Å². The second-order valence-electron chi connectivity index (χ2n) is 5.86. The number of hydrogen-bond acceptors (Lipinski definition) is 4. The molecule has 0 saturated heterocycles. The summed E-state index contributed by atoms with van der Waals surface area (Å²) in [5.74, 6) is 0.0754. The smallest absolute Gasteiger partial charge is 0.178 e. The monoisotopic (exact) mass is 370 g/mol. The number of aryl methyl sites for hydroxylation is 1. The number of halogens is 1. The maximum atomic E-state index is 13.0. The lowest BCUT2D eigenvalue weighted by Crippen LogP contribution is -2.14. The van der Waals surface area contributed by atoms with Gasteiger partial charge in [-0.1, -0.05) is 41.6 Å². The van der Waals surface area contributed by atoms with E-state index in [-0.39, 0.29) is 11.0 Å². The summed E-state index contributed by atoms with van der Waals surface area (Å²) in [6, 6.07) is 9.62. The van der Waals surface area contributed by atoms with Crippen LogP contribution in [0, 0.1) is 6.92 Å². The predicted molar refractivity (Wildman–Crippen MR) is 102 cm³/mol. The minimum absolute atomic E-state index is 0.0754. The molecule has 2 N–H and O–H groups in total. The van der Waals surface area contributed by atoms with E-state index in [1.807, 2.05) is 38.1 Å². The average molecular weight is 371 g/mol. The highest BCUT2D eigenvalue weighted by Gasteiger charge is 2.23. The van der Waals surface area contributed by atoms with Crippen molar-refractivity contribution in [2.45, 2.75) is 24.3 Å². The Morgan fingerprint density at radius 2 is 2.04 bits per heavy atom. The molecule has 25 heavy (non-hydrogen) atoms. The van der Waals surface area contributed by atoms with Crippen LogP contribution in [0.2, 0.25) is 5.02 Å². The Balaban J connectivity index is 1.64. The van der Waals surface area contributed by atoms with Gasteiger partial charge in [-0.25, -0.2) is 9.97 Å². The summed E-state index contributed by atoms with van der Waals surface area (Å²) in [5.41, 5.74) is 3.96. The van der Waals surface area contributed by atoms with Crippen LogP contribution in [0.15, 0.2) is 41.7 Å². The molecule has 5 nitrogen and oxygen atoms in total. The number of carbonyl (C=O) groups excluding carboxylic acids is 1. The first kappa shape index (κ1) is 16.2. The van der Waals surface area contributed by atoms with Crippen molar-refractivity contribution in [3.63, 3.8) is 0 Å². The molecular weight excluding hydrogens is 356 g/mol. The van der Waals surface area contributed by atoms with Crippen molar-refractivity contribution in [2.24, 2.45) is 0 Å². The second kappa shape index (κ2) is 6.20. The lowest BCUT2D eigenvalue weighted by Gasteiger charge is -2.08. The number of hydrogen-bond donors (Lipinski definition) is 2. The maximum Gasteiger partial charge on any atom is 0.178 e. The second-order valence-corrected chi connectivity index (χ2v) is 7.63. The minimum Gasteiger partial charge on any atom is -0.358 e. The van der Waals surface area contributed by atoms with Crippen molar-refractivity contribution in [3.05, 3.63) is 52.8 Å². The number of carbonyl (C=O) groups is 1. The van der Waals surface area contributed by atoms with Crippen LogP contribution < -0.4 is 0 Å². The Morgan fingerprint density at radius 1 is 1.24 bits per heavy atom. The number of fused-ring (bicyclic) bond motifs is 2. The van der Waals surface area contributed by atoms with Gasteiger partial charge >= 0.3 is 0 Å². The van der Waals surface area contributed by atoms with Crippen LogP contribution in [0.1, 0.15) is 23.0 Å². The van der Waals surface area contributed by atoms with E-state index in [0.29, 0.717) is 15.8 Å². The topological polar surface area (TPSA) is 74.4 Å². The number of rotatable bonds is 4. The molecule has 1 atom stereocenters. The van der Waals surface area contributed by atoms with Gasteiger partial charge in [0.15, 0.2) is 16.6 Å². The number of benzene rings is 1. The molecule has 4 aromatic rings. The number of thioether (sulfide) groups is 1. The van der Waals surface area contributed by atoms with Gasteiger partial charge in [0.2, 0.25) is 0 Å². The van der Waals surface area contributed by atoms with Crippen LogP contribution in [-0.4, -0.2) is 31.0 Å². The van der Waals surface area contributed by atoms with E-state index in [2.05, 4.69) is 19.9 Å². The summed E-state index contributed by atoms with van der Waals surface area (Å²) in [5, 5.41) is 1.87. The molecule has 0 bridgehead atoms. The molecule has 0 unspecified atom stereocenters. The van der Waals surface area contributed by atoms with Crippen LogP contribution >= 0.6 is 23.4 Å². The van der Waals surface area contributed by atoms with E-state index < -0.39 is 0 Å². The largest absolute Gasteiger partial charge is 0.358 e. The number of aromatic nitrogens is 4. The lowest BCUT2D eigenvalue weighted by atomic mass is 10.1. The van der Waals surface area contributed by atoms with Gasteiger partial charge in [-0.15, -0.1) is 0 Å². The zero-order chi connectivity index (χ0) is 17.6. The Hall–Kier alpha value is -2.31. The fourth-order valence-electron chi connectivity index (χ4n) is 2.93. The first-order chi connectivity index (χ1) is 12.0. The molecule has 0 radical (unpaired) electrons. The van der Waals surface area contributed by atoms with Crippen molar-refractivity contribution in [1.29, 1.82) is 0 Å². The van der Waals surface area contributed by atoms with Crippen molar-refractivity contribution in [2.75, 3.05) is 0 Å². The Kier molecular flexibility index (Phi) is 4.01. The summed E-state index contributed by atoms with van der Waals surface area (Å²) in [4.78, 5) is 28.0. The third-order valence-corrected chi connectivity index (χ3v) is 5.27. The van der Waals surface area contributed by atoms with E-state index >= 15 is 0 Å². The fourth-order valence-corrected chi connectivity index (χ4v) is 3.95. The predicted octanol–water partition coefficient (Wildman–Crippen LogP) is 4.76. The Labute approximate surface area is 153 Å². The molecule has 0 aliphatic carbocycles. The number of nitrogens with one attached hydrogen (secondary N) is 2. The van der Waals surface area contributed by atoms with Crippen LogP contribution in [-0.2, 0) is 0 Å². The van der Waals surface area contributed by atoms with Crippen molar-refractivity contribution in [1.82, 2.24) is 19.9 Å². The van der Waals surface area contributed by atoms with Gasteiger partial charge < -0.3 is 9.97 Å². The standard InChI is InChI=1S/C18H15ClN4OS/c1-9-15(12-5-3-4-6-13(12)21-9)16(24)10(2)25-18-22-14-7-11(19)8-20-17(14)23-18/h3-8,10,21H,1-2H3,(H,20,22,23)/t10-/m0/s1. The number of Topliss-reactive ketones (excluding diaryl/α,β-unsaturated/α-hetero) is 1. The van der Waals surface area contributed by atoms with Crippen LogP contribution in [0.4, 0.5) is 0 Å². The maximum absolute atomic E-state index is 13.0. The molecule has 126 valence electrons. The summed E-state index contributed by atoms with van der Waals surface area (Å²) in [6.07, 6.45) is 1.56. The highest BCUT2D eigenvalue weighted by atomic mass is 35.5. The normalized spacial score (nSPS) is 12.8. The number of para-hydroxylation sites is 1. The molecule has 0 amide bonds. The van der Waals surface area contributed by atoms with Crippen LogP contribution in [0.5, 0.6) is 0 Å². The molecular formula is C18H15ClN4OS. The van der Waals surface area contributed by atoms with Crippen LogP contribution in [0.3, 0.4) is 0 Å². The molecule has 7 heteroatoms. The van der Waals surface area contributed by atoms with E-state index in [1.165, 1.54) is 11.8 Å². The van der Waals surface area contributed by atoms with Gasteiger partial charge in [0.25, 0.3) is 0 Å². The van der Waals surface area contributed by atoms with E-state index in [4.69, 9.17) is 11.6 Å². The highest BCUT2D eigenvalue weighted by Crippen LogP contribution is 2.29. The Morgan fingerprint density at radius 3 is 2.88 bits per heavy atom. The highest BCUT2D eigenvalue weighted by molar-refractivity contribution is 8.00. The van der Waals surface area contributed by atoms with E-state index in [0.717, 1.165) is 27.7 Å². The summed E-state index contributed by atoms with van der Waals surface area (Å²) < 4.78 is 0. The molecule has 0 aliphatic heterocycles. The zero-order valence-corrected chi connectivity index (χ0v) is 15.2. The average Bonchev–Trinajstić information content (AvgIpc) is 3.12. The Bertz CT molecular complexity index is 1100. The number of ketones is 1. The first-order valence-corrected chi connectivity index (χ1v) is 9.08. The van der Waals surface area contributed by atoms with Crippen molar-refractivity contribution < 1.29 is 4.79 Å². The van der Waals surface area contributed by atoms with Gasteiger partial charge in [-0.2, -0.15) is 0 Å². The molecule has 0 aliphatic rings. The third kappa shape index (κ3) is 2.92. The number of nitrogens with zero attached hydrogens (tertiary/aromatic N) is 2. The minimum atomic E-state index is -0.283. The van der Waals surface area contributed by atoms with Gasteiger partial charge in [-0.3, -0.25) is 4.79 Å². The van der Waals surface area contributed by atoms with Gasteiger partial charge in [0, 0.05) is 28.4 Å². The molecule has 1 aromatic carbocycles. The number of aromatic amines is 2. The molecule has 3 heterocycles. The third-order valence-electron chi connectivity index (χ3n) is 4.08. The quantitative estimate of drug-likeness (QED) is 0.401. The van der Waals surface area contributed by atoms with E-state index in [1.54, 1.807) is 12.3 Å².